The lowest BCUT2D eigenvalue weighted by Crippen LogP contribution is -2.23. The summed E-state index contributed by atoms with van der Waals surface area (Å²) in [6.45, 7) is 6.70. The lowest BCUT2D eigenvalue weighted by Gasteiger charge is -2.23. The van der Waals surface area contributed by atoms with Crippen LogP contribution in [0.15, 0.2) is 47.2 Å². The maximum Gasteiger partial charge on any atom is 0.281 e. The van der Waals surface area contributed by atoms with E-state index >= 15 is 0 Å². The number of fused-ring (bicyclic) bond motifs is 2. The van der Waals surface area contributed by atoms with Crippen LogP contribution in [0.2, 0.25) is 0 Å². The molecule has 1 aliphatic carbocycles. The van der Waals surface area contributed by atoms with Crippen molar-refractivity contribution in [2.75, 3.05) is 11.9 Å². The monoisotopic (exact) mass is 393 g/mol. The smallest absolute Gasteiger partial charge is 0.281 e. The molecule has 1 aromatic carbocycles. The van der Waals surface area contributed by atoms with E-state index < -0.39 is 0 Å². The lowest BCUT2D eigenvalue weighted by molar-refractivity contribution is 0.0959. The number of carbonyl (C=O) groups is 1. The Morgan fingerprint density at radius 2 is 2.14 bits per heavy atom. The molecule has 4 nitrogen and oxygen atoms in total. The number of carbonyl (C=O) groups excluding carboxylic acids is 1. The second-order valence-corrected chi connectivity index (χ2v) is 9.52. The van der Waals surface area contributed by atoms with E-state index in [-0.39, 0.29) is 11.3 Å². The third-order valence-corrected chi connectivity index (χ3v) is 7.20. The highest BCUT2D eigenvalue weighted by Crippen LogP contribution is 2.46. The van der Waals surface area contributed by atoms with Crippen molar-refractivity contribution in [2.45, 2.75) is 45.4 Å². The van der Waals surface area contributed by atoms with Gasteiger partial charge >= 0.3 is 0 Å². The molecular formula is C23H27N3OS. The molecule has 0 radical (unpaired) electrons. The molecule has 2 heterocycles. The second-order valence-electron chi connectivity index (χ2n) is 8.38. The average Bonchev–Trinajstić information content (AvgIpc) is 3.17. The number of thiophene rings is 1. The highest BCUT2D eigenvalue weighted by atomic mass is 32.1. The first-order valence-electron chi connectivity index (χ1n) is 9.87. The fraction of sp³-hybridized carbons (Fsp3) is 0.391. The molecule has 146 valence electrons. The Morgan fingerprint density at radius 1 is 1.36 bits per heavy atom. The number of hydrogen-bond acceptors (Lipinski definition) is 4. The molecule has 1 aliphatic heterocycles. The van der Waals surface area contributed by atoms with Crippen molar-refractivity contribution in [2.24, 2.45) is 11.0 Å². The first kappa shape index (κ1) is 18.9. The van der Waals surface area contributed by atoms with E-state index in [1.54, 1.807) is 17.6 Å². The van der Waals surface area contributed by atoms with Crippen LogP contribution in [0.3, 0.4) is 0 Å². The predicted octanol–water partition coefficient (Wildman–Crippen LogP) is 4.90. The molecule has 0 saturated heterocycles. The summed E-state index contributed by atoms with van der Waals surface area (Å²) in [6, 6.07) is 10.5. The molecule has 1 atom stereocenters. The third-order valence-electron chi connectivity index (χ3n) is 5.97. The van der Waals surface area contributed by atoms with Gasteiger partial charge in [-0.2, -0.15) is 5.10 Å². The number of hydrogen-bond donors (Lipinski definition) is 1. The Bertz CT molecular complexity index is 970. The predicted molar refractivity (Wildman–Crippen MR) is 117 cm³/mol. The first-order chi connectivity index (χ1) is 13.4. The minimum atomic E-state index is -0.121. The Balaban J connectivity index is 1.45. The van der Waals surface area contributed by atoms with Crippen molar-refractivity contribution >= 4 is 29.1 Å². The van der Waals surface area contributed by atoms with Crippen LogP contribution < -0.4 is 10.3 Å². The SMILES string of the molecule is CC1CCc2sc(C(=O)N/N=C/C=C3/N(C)c4ccccc4C3(C)C)cc2C1. The standard InChI is InChI=1S/C23H27N3OS/c1-15-9-10-19-16(13-15)14-20(28-19)22(27)25-24-12-11-21-23(2,3)17-7-5-6-8-18(17)26(21)4/h5-8,11-12,14-15H,9-10,13H2,1-4H3,(H,25,27)/b21-11+,24-12+. The maximum absolute atomic E-state index is 12.5. The van der Waals surface area contributed by atoms with E-state index in [1.807, 2.05) is 12.1 Å². The van der Waals surface area contributed by atoms with E-state index in [9.17, 15) is 4.79 Å². The lowest BCUT2D eigenvalue weighted by atomic mass is 9.84. The van der Waals surface area contributed by atoms with E-state index in [2.05, 4.69) is 67.5 Å². The number of amides is 1. The fourth-order valence-electron chi connectivity index (χ4n) is 4.38. The molecule has 1 unspecified atom stereocenters. The fourth-order valence-corrected chi connectivity index (χ4v) is 5.48. The van der Waals surface area contributed by atoms with Gasteiger partial charge in [0.25, 0.3) is 5.91 Å². The molecule has 5 heteroatoms. The zero-order valence-corrected chi connectivity index (χ0v) is 17.8. The highest BCUT2D eigenvalue weighted by molar-refractivity contribution is 7.14. The van der Waals surface area contributed by atoms with Crippen molar-refractivity contribution in [3.8, 4) is 0 Å². The van der Waals surface area contributed by atoms with Crippen molar-refractivity contribution in [3.05, 3.63) is 63.0 Å². The van der Waals surface area contributed by atoms with Crippen molar-refractivity contribution in [3.63, 3.8) is 0 Å². The van der Waals surface area contributed by atoms with Crippen LogP contribution in [-0.2, 0) is 18.3 Å². The van der Waals surface area contributed by atoms with Crippen LogP contribution >= 0.6 is 11.3 Å². The minimum absolute atomic E-state index is 0.0924. The summed E-state index contributed by atoms with van der Waals surface area (Å²) in [7, 11) is 2.07. The second kappa shape index (κ2) is 7.21. The molecule has 0 bridgehead atoms. The Labute approximate surface area is 171 Å². The molecule has 4 rings (SSSR count). The first-order valence-corrected chi connectivity index (χ1v) is 10.7. The van der Waals surface area contributed by atoms with Gasteiger partial charge in [0.1, 0.15) is 0 Å². The van der Waals surface area contributed by atoms with Gasteiger partial charge in [-0.15, -0.1) is 11.3 Å². The van der Waals surface area contributed by atoms with Gasteiger partial charge in [0.15, 0.2) is 0 Å². The van der Waals surface area contributed by atoms with Crippen LogP contribution in [-0.4, -0.2) is 19.2 Å². The van der Waals surface area contributed by atoms with Gasteiger partial charge in [-0.3, -0.25) is 4.79 Å². The summed E-state index contributed by atoms with van der Waals surface area (Å²) < 4.78 is 0. The largest absolute Gasteiger partial charge is 0.347 e. The van der Waals surface area contributed by atoms with Gasteiger partial charge < -0.3 is 4.90 Å². The van der Waals surface area contributed by atoms with Crippen LogP contribution in [0, 0.1) is 5.92 Å². The maximum atomic E-state index is 12.5. The summed E-state index contributed by atoms with van der Waals surface area (Å²) in [4.78, 5) is 16.8. The quantitative estimate of drug-likeness (QED) is 0.595. The van der Waals surface area contributed by atoms with Crippen LogP contribution in [0.4, 0.5) is 5.69 Å². The Hall–Kier alpha value is -2.40. The molecule has 1 amide bonds. The number of rotatable bonds is 3. The number of likely N-dealkylation sites (N-methyl/N-ethyl adjacent to an activating group) is 1. The molecule has 0 spiro atoms. The van der Waals surface area contributed by atoms with E-state index in [0.717, 1.165) is 23.4 Å². The normalized spacial score (nSPS) is 21.8. The molecule has 2 aromatic rings. The Morgan fingerprint density at radius 3 is 2.93 bits per heavy atom. The van der Waals surface area contributed by atoms with E-state index in [4.69, 9.17) is 0 Å². The van der Waals surface area contributed by atoms with Gasteiger partial charge in [-0.05, 0) is 54.5 Å². The van der Waals surface area contributed by atoms with Gasteiger partial charge in [0.05, 0.1) is 4.88 Å². The van der Waals surface area contributed by atoms with Crippen LogP contribution in [0.1, 0.15) is 52.9 Å². The van der Waals surface area contributed by atoms with E-state index in [1.165, 1.54) is 28.1 Å². The van der Waals surface area contributed by atoms with Crippen LogP contribution in [0.25, 0.3) is 0 Å². The summed E-state index contributed by atoms with van der Waals surface area (Å²) in [6.07, 6.45) is 7.06. The van der Waals surface area contributed by atoms with Gasteiger partial charge in [0, 0.05) is 34.9 Å². The number of aryl methyl sites for hydroxylation is 1. The van der Waals surface area contributed by atoms with Gasteiger partial charge in [-0.1, -0.05) is 39.0 Å². The average molecular weight is 394 g/mol. The van der Waals surface area contributed by atoms with Crippen LogP contribution in [0.5, 0.6) is 0 Å². The third kappa shape index (κ3) is 3.28. The molecule has 1 aromatic heterocycles. The Kier molecular flexibility index (Phi) is 4.88. The van der Waals surface area contributed by atoms with Crippen molar-refractivity contribution < 1.29 is 4.79 Å². The summed E-state index contributed by atoms with van der Waals surface area (Å²) in [5.41, 5.74) is 7.61. The number of nitrogens with zero attached hydrogens (tertiary/aromatic N) is 2. The summed E-state index contributed by atoms with van der Waals surface area (Å²) in [5.74, 6) is 0.586. The highest BCUT2D eigenvalue weighted by Gasteiger charge is 2.37. The number of allylic oxidation sites excluding steroid dienone is 2. The summed E-state index contributed by atoms with van der Waals surface area (Å²) >= 11 is 1.61. The zero-order valence-electron chi connectivity index (χ0n) is 17.0. The zero-order chi connectivity index (χ0) is 19.9. The molecule has 0 fully saturated rings. The van der Waals surface area contributed by atoms with E-state index in [0.29, 0.717) is 5.92 Å². The minimum Gasteiger partial charge on any atom is -0.347 e. The number of hydrazone groups is 1. The molecule has 0 saturated carbocycles. The van der Waals surface area contributed by atoms with Gasteiger partial charge in [0.2, 0.25) is 0 Å². The number of benzene rings is 1. The van der Waals surface area contributed by atoms with Crippen molar-refractivity contribution in [1.82, 2.24) is 5.43 Å². The number of anilines is 1. The number of para-hydroxylation sites is 1. The van der Waals surface area contributed by atoms with Crippen molar-refractivity contribution in [1.29, 1.82) is 0 Å². The number of nitrogens with one attached hydrogen (secondary N) is 1. The van der Waals surface area contributed by atoms with Gasteiger partial charge in [-0.25, -0.2) is 5.43 Å². The molecule has 2 aliphatic rings. The molecular weight excluding hydrogens is 366 g/mol. The molecule has 28 heavy (non-hydrogen) atoms. The topological polar surface area (TPSA) is 44.7 Å². The summed E-state index contributed by atoms with van der Waals surface area (Å²) in [5, 5.41) is 4.17. The molecule has 1 N–H and O–H groups in total.